The number of piperidine rings is 1. The third kappa shape index (κ3) is 2.98. The monoisotopic (exact) mass is 378 g/mol. The molecule has 5 nitrogen and oxygen atoms in total. The minimum atomic E-state index is 0.0522. The summed E-state index contributed by atoms with van der Waals surface area (Å²) in [7, 11) is 0. The molecule has 2 atom stereocenters. The average Bonchev–Trinajstić information content (AvgIpc) is 2.98. The Morgan fingerprint density at radius 1 is 1.11 bits per heavy atom. The molecule has 6 rings (SSSR count). The van der Waals surface area contributed by atoms with Gasteiger partial charge in [-0.05, 0) is 36.8 Å². The molecule has 0 unspecified atom stereocenters. The van der Waals surface area contributed by atoms with Gasteiger partial charge >= 0.3 is 0 Å². The van der Waals surface area contributed by atoms with Gasteiger partial charge in [-0.1, -0.05) is 30.3 Å². The zero-order valence-corrected chi connectivity index (χ0v) is 16.2. The van der Waals surface area contributed by atoms with Crippen LogP contribution in [0, 0.1) is 12.8 Å². The van der Waals surface area contributed by atoms with Crippen molar-refractivity contribution >= 4 is 33.3 Å². The van der Waals surface area contributed by atoms with Crippen molar-refractivity contribution in [2.45, 2.75) is 32.4 Å². The fraction of sp³-hybridized carbons (Fsp3) is 0.381. The molecule has 1 amide bonds. The van der Waals surface area contributed by atoms with Crippen LogP contribution in [0.15, 0.2) is 41.8 Å². The van der Waals surface area contributed by atoms with Crippen LogP contribution in [-0.4, -0.2) is 39.9 Å². The van der Waals surface area contributed by atoms with E-state index in [0.717, 1.165) is 47.8 Å². The lowest BCUT2D eigenvalue weighted by Gasteiger charge is -2.36. The van der Waals surface area contributed by atoms with E-state index in [0.29, 0.717) is 12.5 Å². The van der Waals surface area contributed by atoms with Crippen LogP contribution in [-0.2, 0) is 11.3 Å². The molecule has 3 aromatic rings. The van der Waals surface area contributed by atoms with Crippen molar-refractivity contribution in [3.05, 3.63) is 53.2 Å². The molecule has 3 aliphatic heterocycles. The predicted molar refractivity (Wildman–Crippen MR) is 108 cm³/mol. The van der Waals surface area contributed by atoms with E-state index in [2.05, 4.69) is 38.4 Å². The van der Waals surface area contributed by atoms with Crippen molar-refractivity contribution in [2.75, 3.05) is 18.0 Å². The summed E-state index contributed by atoms with van der Waals surface area (Å²) < 4.78 is 0. The molecular formula is C21H22N4OS. The highest BCUT2D eigenvalue weighted by atomic mass is 32.1. The highest BCUT2D eigenvalue weighted by molar-refractivity contribution is 7.16. The maximum Gasteiger partial charge on any atom is 0.228 e. The SMILES string of the molecule is Cc1nc(N2C[C@H]3CC[C@@H](C2)N(Cc2ccccc2)C3=O)c2ccsc2n1. The molecule has 3 aliphatic rings. The van der Waals surface area contributed by atoms with Gasteiger partial charge in [0.05, 0.1) is 11.3 Å². The first-order chi connectivity index (χ1) is 13.2. The minimum absolute atomic E-state index is 0.0522. The van der Waals surface area contributed by atoms with Crippen LogP contribution in [0.1, 0.15) is 24.2 Å². The standard InChI is InChI=1S/C21H22N4OS/c1-14-22-19(18-9-10-27-20(18)23-14)24-12-16-7-8-17(13-24)25(21(16)26)11-15-5-3-2-4-6-15/h2-6,9-10,16-17H,7-8,11-13H2,1H3/t16-,17+/m1/s1. The second kappa shape index (κ2) is 6.60. The minimum Gasteiger partial charge on any atom is -0.353 e. The van der Waals surface area contributed by atoms with Crippen LogP contribution in [0.3, 0.4) is 0 Å². The number of nitrogens with zero attached hydrogens (tertiary/aromatic N) is 4. The third-order valence-electron chi connectivity index (χ3n) is 5.71. The van der Waals surface area contributed by atoms with E-state index >= 15 is 0 Å². The molecule has 2 aromatic heterocycles. The molecule has 0 aliphatic carbocycles. The van der Waals surface area contributed by atoms with Gasteiger partial charge in [-0.25, -0.2) is 9.97 Å². The first-order valence-corrected chi connectivity index (χ1v) is 10.4. The summed E-state index contributed by atoms with van der Waals surface area (Å²) in [5.74, 6) is 2.13. The first-order valence-electron chi connectivity index (χ1n) is 9.50. The van der Waals surface area contributed by atoms with Crippen LogP contribution in [0.4, 0.5) is 5.82 Å². The van der Waals surface area contributed by atoms with Gasteiger partial charge in [0, 0.05) is 25.7 Å². The molecule has 0 saturated carbocycles. The van der Waals surface area contributed by atoms with Crippen molar-refractivity contribution in [1.29, 1.82) is 0 Å². The number of thiophene rings is 1. The van der Waals surface area contributed by atoms with Gasteiger partial charge in [0.1, 0.15) is 16.5 Å². The lowest BCUT2D eigenvalue weighted by molar-refractivity contribution is -0.140. The Bertz CT molecular complexity index is 986. The molecule has 5 heterocycles. The zero-order valence-electron chi connectivity index (χ0n) is 15.3. The number of rotatable bonds is 3. The molecule has 3 saturated heterocycles. The van der Waals surface area contributed by atoms with Crippen LogP contribution in [0.25, 0.3) is 10.2 Å². The Morgan fingerprint density at radius 2 is 1.96 bits per heavy atom. The maximum absolute atomic E-state index is 13.1. The molecule has 2 bridgehead atoms. The summed E-state index contributed by atoms with van der Waals surface area (Å²) in [5, 5.41) is 3.18. The number of hydrogen-bond acceptors (Lipinski definition) is 5. The quantitative estimate of drug-likeness (QED) is 0.698. The predicted octanol–water partition coefficient (Wildman–Crippen LogP) is 3.63. The van der Waals surface area contributed by atoms with Gasteiger partial charge in [0.2, 0.25) is 5.91 Å². The Kier molecular flexibility index (Phi) is 4.08. The normalized spacial score (nSPS) is 22.5. The smallest absolute Gasteiger partial charge is 0.228 e. The average molecular weight is 379 g/mol. The van der Waals surface area contributed by atoms with E-state index in [1.807, 2.05) is 25.1 Å². The second-order valence-corrected chi connectivity index (χ2v) is 8.41. The van der Waals surface area contributed by atoms with E-state index in [1.54, 1.807) is 11.3 Å². The van der Waals surface area contributed by atoms with Gasteiger partial charge in [0.15, 0.2) is 0 Å². The highest BCUT2D eigenvalue weighted by Gasteiger charge is 2.41. The van der Waals surface area contributed by atoms with Crippen LogP contribution in [0.2, 0.25) is 0 Å². The summed E-state index contributed by atoms with van der Waals surface area (Å²) >= 11 is 1.65. The lowest BCUT2D eigenvalue weighted by atomic mass is 9.93. The zero-order chi connectivity index (χ0) is 18.4. The Labute approximate surface area is 162 Å². The number of carbonyl (C=O) groups is 1. The topological polar surface area (TPSA) is 49.3 Å². The fourth-order valence-corrected chi connectivity index (χ4v) is 5.19. The molecule has 0 spiro atoms. The first kappa shape index (κ1) is 16.7. The fourth-order valence-electron chi connectivity index (χ4n) is 4.39. The van der Waals surface area contributed by atoms with Crippen molar-refractivity contribution in [3.63, 3.8) is 0 Å². The number of hydrogen-bond donors (Lipinski definition) is 0. The molecule has 6 heteroatoms. The van der Waals surface area contributed by atoms with Crippen molar-refractivity contribution < 1.29 is 4.79 Å². The second-order valence-electron chi connectivity index (χ2n) is 7.52. The number of aryl methyl sites for hydroxylation is 1. The molecule has 0 N–H and O–H groups in total. The van der Waals surface area contributed by atoms with Crippen molar-refractivity contribution in [1.82, 2.24) is 14.9 Å². The van der Waals surface area contributed by atoms with Gasteiger partial charge in [-0.2, -0.15) is 0 Å². The van der Waals surface area contributed by atoms with Crippen LogP contribution < -0.4 is 4.90 Å². The van der Waals surface area contributed by atoms with Crippen LogP contribution in [0.5, 0.6) is 0 Å². The molecular weight excluding hydrogens is 356 g/mol. The number of benzene rings is 1. The summed E-state index contributed by atoms with van der Waals surface area (Å²) in [5.41, 5.74) is 1.20. The number of carbonyl (C=O) groups excluding carboxylic acids is 1. The van der Waals surface area contributed by atoms with Gasteiger partial charge in [-0.15, -0.1) is 11.3 Å². The Balaban J connectivity index is 1.48. The van der Waals surface area contributed by atoms with E-state index in [9.17, 15) is 4.79 Å². The van der Waals surface area contributed by atoms with E-state index in [-0.39, 0.29) is 12.0 Å². The van der Waals surface area contributed by atoms with E-state index in [1.165, 1.54) is 5.56 Å². The van der Waals surface area contributed by atoms with Crippen molar-refractivity contribution in [2.24, 2.45) is 5.92 Å². The van der Waals surface area contributed by atoms with Crippen molar-refractivity contribution in [3.8, 4) is 0 Å². The van der Waals surface area contributed by atoms with Crippen LogP contribution >= 0.6 is 11.3 Å². The number of anilines is 1. The molecule has 138 valence electrons. The number of amides is 1. The largest absolute Gasteiger partial charge is 0.353 e. The van der Waals surface area contributed by atoms with Gasteiger partial charge in [-0.3, -0.25) is 4.79 Å². The Morgan fingerprint density at radius 3 is 2.81 bits per heavy atom. The molecule has 0 radical (unpaired) electrons. The molecule has 3 fully saturated rings. The summed E-state index contributed by atoms with van der Waals surface area (Å²) in [4.78, 5) is 27.9. The molecule has 1 aromatic carbocycles. The maximum atomic E-state index is 13.1. The van der Waals surface area contributed by atoms with Gasteiger partial charge in [0.25, 0.3) is 0 Å². The Hall–Kier alpha value is -2.47. The highest BCUT2D eigenvalue weighted by Crippen LogP contribution is 2.35. The third-order valence-corrected chi connectivity index (χ3v) is 6.51. The summed E-state index contributed by atoms with van der Waals surface area (Å²) in [6.07, 6.45) is 2.04. The van der Waals surface area contributed by atoms with Gasteiger partial charge < -0.3 is 9.80 Å². The molecule has 27 heavy (non-hydrogen) atoms. The lowest BCUT2D eigenvalue weighted by Crippen LogP contribution is -2.47. The number of fused-ring (bicyclic) bond motifs is 5. The van der Waals surface area contributed by atoms with E-state index in [4.69, 9.17) is 4.98 Å². The summed E-state index contributed by atoms with van der Waals surface area (Å²) in [6, 6.07) is 12.6. The number of aromatic nitrogens is 2. The summed E-state index contributed by atoms with van der Waals surface area (Å²) in [6.45, 7) is 4.24. The van der Waals surface area contributed by atoms with E-state index < -0.39 is 0 Å².